The molecule has 2 N–H and O–H groups in total. The summed E-state index contributed by atoms with van der Waals surface area (Å²) in [6, 6.07) is 0. The summed E-state index contributed by atoms with van der Waals surface area (Å²) in [5.74, 6) is -1.82. The maximum Gasteiger partial charge on any atom is 0.336 e. The Bertz CT molecular complexity index is 650. The monoisotopic (exact) mass is 348 g/mol. The summed E-state index contributed by atoms with van der Waals surface area (Å²) in [6.07, 6.45) is -0.712. The molecule has 3 aliphatic rings. The summed E-state index contributed by atoms with van der Waals surface area (Å²) in [5, 5.41) is 19.4. The van der Waals surface area contributed by atoms with Crippen LogP contribution in [0.2, 0.25) is 0 Å². The van der Waals surface area contributed by atoms with Crippen molar-refractivity contribution < 1.29 is 29.3 Å². The highest BCUT2D eigenvalue weighted by atomic mass is 16.6. The van der Waals surface area contributed by atoms with Crippen molar-refractivity contribution in [2.45, 2.75) is 38.1 Å². The SMILES string of the molecule is C=C(CO)C(=O)OC1CC(=C)C2CC(O)C(C)C2C2OC(=O)C(=C)C12. The lowest BCUT2D eigenvalue weighted by molar-refractivity contribution is -0.149. The van der Waals surface area contributed by atoms with Gasteiger partial charge in [-0.1, -0.05) is 32.2 Å². The van der Waals surface area contributed by atoms with Crippen molar-refractivity contribution in [1.82, 2.24) is 0 Å². The Morgan fingerprint density at radius 1 is 1.40 bits per heavy atom. The molecule has 1 aliphatic heterocycles. The molecule has 7 atom stereocenters. The molecular formula is C19H24O6. The van der Waals surface area contributed by atoms with Crippen LogP contribution in [-0.4, -0.2) is 47.1 Å². The zero-order valence-corrected chi connectivity index (χ0v) is 14.3. The third-order valence-electron chi connectivity index (χ3n) is 5.94. The molecule has 3 fully saturated rings. The van der Waals surface area contributed by atoms with Crippen LogP contribution in [-0.2, 0) is 19.1 Å². The van der Waals surface area contributed by atoms with Crippen LogP contribution >= 0.6 is 0 Å². The van der Waals surface area contributed by atoms with Crippen LogP contribution in [0.3, 0.4) is 0 Å². The van der Waals surface area contributed by atoms with Gasteiger partial charge in [0, 0.05) is 17.9 Å². The van der Waals surface area contributed by atoms with Crippen LogP contribution in [0.25, 0.3) is 0 Å². The van der Waals surface area contributed by atoms with Gasteiger partial charge in [-0.3, -0.25) is 0 Å². The largest absolute Gasteiger partial charge is 0.458 e. The quantitative estimate of drug-likeness (QED) is 0.451. The van der Waals surface area contributed by atoms with Gasteiger partial charge in [0.1, 0.15) is 12.2 Å². The van der Waals surface area contributed by atoms with Crippen LogP contribution in [0.1, 0.15) is 19.8 Å². The van der Waals surface area contributed by atoms with Crippen LogP contribution in [0.15, 0.2) is 36.5 Å². The number of esters is 2. The topological polar surface area (TPSA) is 93.1 Å². The molecular weight excluding hydrogens is 324 g/mol. The normalized spacial score (nSPS) is 40.1. The summed E-state index contributed by atoms with van der Waals surface area (Å²) in [7, 11) is 0. The molecule has 2 saturated carbocycles. The minimum absolute atomic E-state index is 0.000875. The van der Waals surface area contributed by atoms with Crippen molar-refractivity contribution in [2.24, 2.45) is 23.7 Å². The lowest BCUT2D eigenvalue weighted by Gasteiger charge is -2.30. The van der Waals surface area contributed by atoms with Crippen molar-refractivity contribution in [3.8, 4) is 0 Å². The number of carbonyl (C=O) groups excluding carboxylic acids is 2. The van der Waals surface area contributed by atoms with Gasteiger partial charge in [0.25, 0.3) is 0 Å². The number of aliphatic hydroxyl groups is 2. The van der Waals surface area contributed by atoms with E-state index in [0.717, 1.165) is 5.57 Å². The van der Waals surface area contributed by atoms with Crippen molar-refractivity contribution in [2.75, 3.05) is 6.61 Å². The number of fused-ring (bicyclic) bond motifs is 3. The highest BCUT2D eigenvalue weighted by Crippen LogP contribution is 2.53. The van der Waals surface area contributed by atoms with Gasteiger partial charge in [0.15, 0.2) is 0 Å². The van der Waals surface area contributed by atoms with E-state index in [1.54, 1.807) is 0 Å². The van der Waals surface area contributed by atoms with E-state index < -0.39 is 42.8 Å². The van der Waals surface area contributed by atoms with Gasteiger partial charge in [-0.15, -0.1) is 0 Å². The number of ether oxygens (including phenoxy) is 2. The summed E-state index contributed by atoms with van der Waals surface area (Å²) in [4.78, 5) is 24.2. The second-order valence-corrected chi connectivity index (χ2v) is 7.33. The fourth-order valence-corrected chi connectivity index (χ4v) is 4.52. The third-order valence-corrected chi connectivity index (χ3v) is 5.94. The highest BCUT2D eigenvalue weighted by molar-refractivity contribution is 5.91. The summed E-state index contributed by atoms with van der Waals surface area (Å²) >= 11 is 0. The first-order valence-electron chi connectivity index (χ1n) is 8.51. The minimum atomic E-state index is -0.702. The molecule has 1 saturated heterocycles. The second kappa shape index (κ2) is 6.42. The standard InChI is InChI=1S/C19H24O6/c1-8-5-14(24-18(22)9(2)7-20)16-11(4)19(23)25-17(16)15-10(3)13(21)6-12(8)15/h10,12-17,20-21H,1-2,4-7H2,3H3. The Hall–Kier alpha value is -1.92. The van der Waals surface area contributed by atoms with Gasteiger partial charge in [0.2, 0.25) is 0 Å². The first kappa shape index (κ1) is 17.9. The van der Waals surface area contributed by atoms with Crippen molar-refractivity contribution >= 4 is 11.9 Å². The van der Waals surface area contributed by atoms with E-state index in [2.05, 4.69) is 19.7 Å². The minimum Gasteiger partial charge on any atom is -0.458 e. The Morgan fingerprint density at radius 2 is 2.08 bits per heavy atom. The molecule has 0 bridgehead atoms. The van der Waals surface area contributed by atoms with Crippen LogP contribution in [0.5, 0.6) is 0 Å². The van der Waals surface area contributed by atoms with E-state index in [9.17, 15) is 14.7 Å². The van der Waals surface area contributed by atoms with Gasteiger partial charge in [-0.25, -0.2) is 9.59 Å². The van der Waals surface area contributed by atoms with E-state index in [1.807, 2.05) is 6.92 Å². The van der Waals surface area contributed by atoms with Crippen LogP contribution in [0, 0.1) is 23.7 Å². The van der Waals surface area contributed by atoms with E-state index >= 15 is 0 Å². The van der Waals surface area contributed by atoms with E-state index in [1.165, 1.54) is 0 Å². The zero-order valence-electron chi connectivity index (χ0n) is 14.3. The maximum atomic E-state index is 12.1. The summed E-state index contributed by atoms with van der Waals surface area (Å²) in [5.41, 5.74) is 1.10. The van der Waals surface area contributed by atoms with Crippen molar-refractivity contribution in [3.05, 3.63) is 36.5 Å². The predicted molar refractivity (Wildman–Crippen MR) is 89.1 cm³/mol. The van der Waals surface area contributed by atoms with Crippen LogP contribution < -0.4 is 0 Å². The van der Waals surface area contributed by atoms with Crippen molar-refractivity contribution in [3.63, 3.8) is 0 Å². The molecule has 0 spiro atoms. The highest BCUT2D eigenvalue weighted by Gasteiger charge is 2.57. The van der Waals surface area contributed by atoms with Gasteiger partial charge in [-0.05, 0) is 18.3 Å². The van der Waals surface area contributed by atoms with Crippen molar-refractivity contribution in [1.29, 1.82) is 0 Å². The van der Waals surface area contributed by atoms with E-state index in [0.29, 0.717) is 12.8 Å². The van der Waals surface area contributed by atoms with Crippen LogP contribution in [0.4, 0.5) is 0 Å². The van der Waals surface area contributed by atoms with Gasteiger partial charge in [0.05, 0.1) is 24.2 Å². The molecule has 7 unspecified atom stereocenters. The smallest absolute Gasteiger partial charge is 0.336 e. The number of hydrogen-bond donors (Lipinski definition) is 2. The Kier molecular flexibility index (Phi) is 4.60. The molecule has 0 amide bonds. The predicted octanol–water partition coefficient (Wildman–Crippen LogP) is 1.14. The summed E-state index contributed by atoms with van der Waals surface area (Å²) < 4.78 is 11.1. The van der Waals surface area contributed by atoms with Gasteiger partial charge in [-0.2, -0.15) is 0 Å². The fraction of sp³-hybridized carbons (Fsp3) is 0.579. The third kappa shape index (κ3) is 2.83. The molecule has 0 aromatic rings. The molecule has 0 aromatic carbocycles. The van der Waals surface area contributed by atoms with Gasteiger partial charge >= 0.3 is 11.9 Å². The molecule has 1 heterocycles. The molecule has 136 valence electrons. The average Bonchev–Trinajstić information content (AvgIpc) is 2.99. The molecule has 6 heteroatoms. The number of carbonyl (C=O) groups is 2. The molecule has 6 nitrogen and oxygen atoms in total. The second-order valence-electron chi connectivity index (χ2n) is 7.33. The van der Waals surface area contributed by atoms with Gasteiger partial charge < -0.3 is 19.7 Å². The lowest BCUT2D eigenvalue weighted by Crippen LogP contribution is -2.38. The molecule has 25 heavy (non-hydrogen) atoms. The Morgan fingerprint density at radius 3 is 2.72 bits per heavy atom. The number of aliphatic hydroxyl groups excluding tert-OH is 2. The maximum absolute atomic E-state index is 12.1. The summed E-state index contributed by atoms with van der Waals surface area (Å²) in [6.45, 7) is 12.9. The number of rotatable bonds is 3. The molecule has 0 aromatic heterocycles. The number of hydrogen-bond acceptors (Lipinski definition) is 6. The molecule has 3 rings (SSSR count). The Balaban J connectivity index is 1.95. The first-order valence-corrected chi connectivity index (χ1v) is 8.51. The molecule has 0 radical (unpaired) electrons. The fourth-order valence-electron chi connectivity index (χ4n) is 4.52. The van der Waals surface area contributed by atoms with E-state index in [4.69, 9.17) is 14.6 Å². The lowest BCUT2D eigenvalue weighted by atomic mass is 9.79. The molecule has 2 aliphatic carbocycles. The first-order chi connectivity index (χ1) is 11.8. The zero-order chi connectivity index (χ0) is 18.5. The Labute approximate surface area is 146 Å². The van der Waals surface area contributed by atoms with E-state index in [-0.39, 0.29) is 28.9 Å². The average molecular weight is 348 g/mol.